The molecule has 0 spiro atoms. The molecule has 30 heavy (non-hydrogen) atoms. The van der Waals surface area contributed by atoms with E-state index in [1.54, 1.807) is 28.7 Å². The number of carbonyl (C=O) groups excluding carboxylic acids is 2. The molecular weight excluding hydrogens is 409 g/mol. The molecule has 1 aliphatic rings. The Morgan fingerprint density at radius 1 is 1.30 bits per heavy atom. The molecule has 1 saturated heterocycles. The van der Waals surface area contributed by atoms with Gasteiger partial charge in [-0.15, -0.1) is 0 Å². The van der Waals surface area contributed by atoms with Crippen molar-refractivity contribution < 1.29 is 18.5 Å². The Bertz CT molecular complexity index is 1050. The first-order chi connectivity index (χ1) is 14.5. The Morgan fingerprint density at radius 3 is 2.90 bits per heavy atom. The van der Waals surface area contributed by atoms with Gasteiger partial charge < -0.3 is 20.1 Å². The molecule has 3 heterocycles. The highest BCUT2D eigenvalue weighted by Gasteiger charge is 2.28. The zero-order valence-electron chi connectivity index (χ0n) is 16.2. The minimum absolute atomic E-state index is 0.00172. The smallest absolute Gasteiger partial charge is 0.321 e. The van der Waals surface area contributed by atoms with E-state index in [2.05, 4.69) is 20.8 Å². The van der Waals surface area contributed by atoms with E-state index in [0.717, 1.165) is 12.8 Å². The summed E-state index contributed by atoms with van der Waals surface area (Å²) in [7, 11) is 0. The van der Waals surface area contributed by atoms with Crippen molar-refractivity contribution >= 4 is 34.6 Å². The van der Waals surface area contributed by atoms with Gasteiger partial charge in [-0.2, -0.15) is 16.3 Å². The second-order valence-corrected chi connectivity index (χ2v) is 7.84. The van der Waals surface area contributed by atoms with Crippen LogP contribution in [-0.4, -0.2) is 40.1 Å². The van der Waals surface area contributed by atoms with Gasteiger partial charge in [0.15, 0.2) is 5.82 Å². The van der Waals surface area contributed by atoms with Crippen LogP contribution in [0.15, 0.2) is 39.5 Å². The number of likely N-dealkylation sites (tertiary alicyclic amines) is 1. The lowest BCUT2D eigenvalue weighted by Crippen LogP contribution is -2.41. The number of hydrogen-bond acceptors (Lipinski definition) is 6. The van der Waals surface area contributed by atoms with E-state index in [9.17, 15) is 14.0 Å². The summed E-state index contributed by atoms with van der Waals surface area (Å²) in [5, 5.41) is 12.6. The topological polar surface area (TPSA) is 100 Å². The number of anilines is 2. The van der Waals surface area contributed by atoms with Crippen molar-refractivity contribution in [2.45, 2.75) is 25.7 Å². The second-order valence-electron chi connectivity index (χ2n) is 7.06. The average molecular weight is 429 g/mol. The van der Waals surface area contributed by atoms with E-state index in [0.29, 0.717) is 36.1 Å². The van der Waals surface area contributed by atoms with Crippen LogP contribution < -0.4 is 10.6 Å². The van der Waals surface area contributed by atoms with E-state index >= 15 is 0 Å². The van der Waals surface area contributed by atoms with Crippen LogP contribution in [0.3, 0.4) is 0 Å². The first kappa shape index (κ1) is 20.0. The van der Waals surface area contributed by atoms with E-state index in [1.807, 2.05) is 0 Å². The van der Waals surface area contributed by atoms with Crippen molar-refractivity contribution in [2.75, 3.05) is 23.7 Å². The first-order valence-electron chi connectivity index (χ1n) is 9.49. The quantitative estimate of drug-likeness (QED) is 0.646. The SMILES string of the molecule is Cc1noc([C@@H]2CCCN(C(=O)Nc3ccc(F)c(NC(=O)c4ccsc4)c3)C2)n1. The molecule has 2 N–H and O–H groups in total. The molecule has 10 heteroatoms. The molecule has 0 aliphatic carbocycles. The molecule has 156 valence electrons. The maximum absolute atomic E-state index is 14.1. The van der Waals surface area contributed by atoms with Crippen molar-refractivity contribution in [3.8, 4) is 0 Å². The van der Waals surface area contributed by atoms with Gasteiger partial charge in [0.05, 0.1) is 17.2 Å². The van der Waals surface area contributed by atoms with Gasteiger partial charge in [0.2, 0.25) is 5.89 Å². The minimum atomic E-state index is -0.582. The lowest BCUT2D eigenvalue weighted by atomic mass is 9.98. The van der Waals surface area contributed by atoms with E-state index in [4.69, 9.17) is 4.52 Å². The predicted molar refractivity (Wildman–Crippen MR) is 110 cm³/mol. The number of benzene rings is 1. The number of aromatic nitrogens is 2. The fraction of sp³-hybridized carbons (Fsp3) is 0.300. The Kier molecular flexibility index (Phi) is 5.75. The van der Waals surface area contributed by atoms with Crippen molar-refractivity contribution in [1.82, 2.24) is 15.0 Å². The van der Waals surface area contributed by atoms with Gasteiger partial charge in [-0.05, 0) is 49.4 Å². The highest BCUT2D eigenvalue weighted by atomic mass is 32.1. The molecule has 1 fully saturated rings. The maximum Gasteiger partial charge on any atom is 0.321 e. The van der Waals surface area contributed by atoms with Crippen molar-refractivity contribution in [1.29, 1.82) is 0 Å². The van der Waals surface area contributed by atoms with Gasteiger partial charge >= 0.3 is 6.03 Å². The zero-order valence-corrected chi connectivity index (χ0v) is 17.0. The fourth-order valence-electron chi connectivity index (χ4n) is 3.33. The third-order valence-electron chi connectivity index (χ3n) is 4.85. The maximum atomic E-state index is 14.1. The largest absolute Gasteiger partial charge is 0.339 e. The van der Waals surface area contributed by atoms with Crippen LogP contribution in [0.1, 0.15) is 40.8 Å². The summed E-state index contributed by atoms with van der Waals surface area (Å²) in [4.78, 5) is 30.8. The number of thiophene rings is 1. The van der Waals surface area contributed by atoms with Gasteiger partial charge in [0.1, 0.15) is 5.82 Å². The van der Waals surface area contributed by atoms with E-state index in [-0.39, 0.29) is 17.6 Å². The normalized spacial score (nSPS) is 16.3. The van der Waals surface area contributed by atoms with Crippen molar-refractivity contribution in [3.05, 3.63) is 58.1 Å². The molecule has 4 rings (SSSR count). The van der Waals surface area contributed by atoms with Crippen LogP contribution in [0.4, 0.5) is 20.6 Å². The first-order valence-corrected chi connectivity index (χ1v) is 10.4. The molecule has 1 aromatic carbocycles. The highest BCUT2D eigenvalue weighted by Crippen LogP contribution is 2.27. The van der Waals surface area contributed by atoms with Crippen LogP contribution in [-0.2, 0) is 0 Å². The van der Waals surface area contributed by atoms with Crippen LogP contribution in [0.2, 0.25) is 0 Å². The van der Waals surface area contributed by atoms with Crippen LogP contribution >= 0.6 is 11.3 Å². The number of nitrogens with one attached hydrogen (secondary N) is 2. The Balaban J connectivity index is 1.42. The second kappa shape index (κ2) is 8.62. The van der Waals surface area contributed by atoms with Crippen LogP contribution in [0.25, 0.3) is 0 Å². The Morgan fingerprint density at radius 2 is 2.17 bits per heavy atom. The molecule has 0 unspecified atom stereocenters. The molecule has 0 radical (unpaired) electrons. The number of hydrogen-bond donors (Lipinski definition) is 2. The zero-order chi connectivity index (χ0) is 21.1. The number of piperidine rings is 1. The molecule has 8 nitrogen and oxygen atoms in total. The fourth-order valence-corrected chi connectivity index (χ4v) is 3.97. The number of rotatable bonds is 4. The molecule has 3 amide bonds. The molecule has 1 atom stereocenters. The predicted octanol–water partition coefficient (Wildman–Crippen LogP) is 4.24. The Labute approximate surface area is 176 Å². The van der Waals surface area contributed by atoms with Crippen LogP contribution in [0, 0.1) is 12.7 Å². The monoisotopic (exact) mass is 429 g/mol. The average Bonchev–Trinajstić information content (AvgIpc) is 3.42. The number of halogens is 1. The number of urea groups is 1. The molecule has 1 aliphatic heterocycles. The van der Waals surface area contributed by atoms with Gasteiger partial charge in [-0.25, -0.2) is 9.18 Å². The van der Waals surface area contributed by atoms with Gasteiger partial charge in [-0.1, -0.05) is 5.16 Å². The summed E-state index contributed by atoms with van der Waals surface area (Å²) < 4.78 is 19.4. The number of nitrogens with zero attached hydrogens (tertiary/aromatic N) is 3. The van der Waals surface area contributed by atoms with Gasteiger partial charge in [-0.3, -0.25) is 4.79 Å². The number of carbonyl (C=O) groups is 2. The number of aryl methyl sites for hydroxylation is 1. The van der Waals surface area contributed by atoms with E-state index < -0.39 is 11.7 Å². The third kappa shape index (κ3) is 4.48. The van der Waals surface area contributed by atoms with Gasteiger partial charge in [0, 0.05) is 24.2 Å². The lowest BCUT2D eigenvalue weighted by molar-refractivity contribution is 0.102. The molecule has 2 aromatic heterocycles. The number of amides is 3. The van der Waals surface area contributed by atoms with Crippen LogP contribution in [0.5, 0.6) is 0 Å². The molecule has 0 saturated carbocycles. The molecular formula is C20H20FN5O3S. The molecule has 3 aromatic rings. The van der Waals surface area contributed by atoms with Crippen molar-refractivity contribution in [3.63, 3.8) is 0 Å². The molecule has 0 bridgehead atoms. The summed E-state index contributed by atoms with van der Waals surface area (Å²) in [6.45, 7) is 2.80. The standard InChI is InChI=1S/C20H20FN5O3S/c1-12-22-19(29-25-12)13-3-2-7-26(10-13)20(28)23-15-4-5-16(21)17(9-15)24-18(27)14-6-8-30-11-14/h4-6,8-9,11,13H,2-3,7,10H2,1H3,(H,23,28)(H,24,27)/t13-/m1/s1. The summed E-state index contributed by atoms with van der Waals surface area (Å²) in [6.07, 6.45) is 1.67. The van der Waals surface area contributed by atoms with Gasteiger partial charge in [0.25, 0.3) is 5.91 Å². The summed E-state index contributed by atoms with van der Waals surface area (Å²) in [5.41, 5.74) is 0.837. The summed E-state index contributed by atoms with van der Waals surface area (Å²) in [5.74, 6) is 0.0910. The minimum Gasteiger partial charge on any atom is -0.339 e. The Hall–Kier alpha value is -3.27. The van der Waals surface area contributed by atoms with E-state index in [1.165, 1.54) is 29.5 Å². The third-order valence-corrected chi connectivity index (χ3v) is 5.53. The lowest BCUT2D eigenvalue weighted by Gasteiger charge is -2.31. The highest BCUT2D eigenvalue weighted by molar-refractivity contribution is 7.08. The summed E-state index contributed by atoms with van der Waals surface area (Å²) in [6, 6.07) is 5.41. The van der Waals surface area contributed by atoms with Crippen molar-refractivity contribution in [2.24, 2.45) is 0 Å². The summed E-state index contributed by atoms with van der Waals surface area (Å²) >= 11 is 1.38.